The van der Waals surface area contributed by atoms with Gasteiger partial charge in [0, 0.05) is 6.04 Å². The summed E-state index contributed by atoms with van der Waals surface area (Å²) in [5.74, 6) is 0. The molecule has 1 aromatic carbocycles. The Morgan fingerprint density at radius 2 is 1.68 bits per heavy atom. The van der Waals surface area contributed by atoms with Gasteiger partial charge in [-0.2, -0.15) is 0 Å². The first-order chi connectivity index (χ1) is 8.73. The Balaban J connectivity index is 2.98. The van der Waals surface area contributed by atoms with Crippen molar-refractivity contribution in [3.05, 3.63) is 35.9 Å². The molecule has 0 aromatic heterocycles. The molecule has 0 spiro atoms. The Hall–Kier alpha value is -0.710. The lowest BCUT2D eigenvalue weighted by Crippen LogP contribution is -2.35. The Labute approximate surface area is 119 Å². The molecule has 108 valence electrons. The summed E-state index contributed by atoms with van der Waals surface area (Å²) in [6.45, 7) is 7.85. The molecule has 0 saturated carbocycles. The van der Waals surface area contributed by atoms with Gasteiger partial charge < -0.3 is 4.90 Å². The van der Waals surface area contributed by atoms with Gasteiger partial charge in [-0.05, 0) is 47.4 Å². The summed E-state index contributed by atoms with van der Waals surface area (Å²) in [5, 5.41) is 0. The standard InChI is InChI=1S/C15H25NO2S/c1-12(16(5)6)14(13-10-8-7-9-11-13)18-19(17)15(2,3)4/h7-12,14H,1-6H3/t12-,14-,19+/m0/s1. The van der Waals surface area contributed by atoms with E-state index in [1.165, 1.54) is 0 Å². The summed E-state index contributed by atoms with van der Waals surface area (Å²) in [4.78, 5) is 2.08. The minimum absolute atomic E-state index is 0.147. The molecule has 1 aromatic rings. The lowest BCUT2D eigenvalue weighted by molar-refractivity contribution is 0.118. The van der Waals surface area contributed by atoms with Crippen LogP contribution in [0.1, 0.15) is 39.4 Å². The monoisotopic (exact) mass is 283 g/mol. The van der Waals surface area contributed by atoms with Gasteiger partial charge in [-0.1, -0.05) is 30.3 Å². The second-order valence-corrected chi connectivity index (χ2v) is 7.87. The first kappa shape index (κ1) is 16.3. The van der Waals surface area contributed by atoms with Gasteiger partial charge in [0.15, 0.2) is 11.1 Å². The van der Waals surface area contributed by atoms with Crippen LogP contribution in [-0.4, -0.2) is 34.0 Å². The van der Waals surface area contributed by atoms with Crippen molar-refractivity contribution in [2.75, 3.05) is 14.1 Å². The molecule has 0 unspecified atom stereocenters. The van der Waals surface area contributed by atoms with E-state index in [1.807, 2.05) is 65.2 Å². The summed E-state index contributed by atoms with van der Waals surface area (Å²) in [7, 11) is 4.01. The molecule has 0 bridgehead atoms. The third-order valence-electron chi connectivity index (χ3n) is 3.07. The normalized spacial score (nSPS) is 17.2. The number of nitrogens with zero attached hydrogens (tertiary/aromatic N) is 1. The van der Waals surface area contributed by atoms with Crippen molar-refractivity contribution in [2.24, 2.45) is 0 Å². The molecule has 4 heteroatoms. The maximum Gasteiger partial charge on any atom is 0.161 e. The van der Waals surface area contributed by atoms with Crippen LogP contribution in [0.15, 0.2) is 30.3 Å². The van der Waals surface area contributed by atoms with Crippen molar-refractivity contribution >= 4 is 11.1 Å². The minimum atomic E-state index is -1.33. The molecule has 0 radical (unpaired) electrons. The van der Waals surface area contributed by atoms with Gasteiger partial charge in [-0.15, -0.1) is 0 Å². The van der Waals surface area contributed by atoms with Gasteiger partial charge in [0.1, 0.15) is 6.10 Å². The summed E-state index contributed by atoms with van der Waals surface area (Å²) >= 11 is -1.33. The van der Waals surface area contributed by atoms with Gasteiger partial charge in [-0.3, -0.25) is 4.18 Å². The van der Waals surface area contributed by atoms with Gasteiger partial charge >= 0.3 is 0 Å². The average Bonchev–Trinajstić information content (AvgIpc) is 2.34. The molecule has 0 aliphatic heterocycles. The third kappa shape index (κ3) is 4.71. The van der Waals surface area contributed by atoms with Crippen LogP contribution in [-0.2, 0) is 15.3 Å². The lowest BCUT2D eigenvalue weighted by atomic mass is 10.0. The summed E-state index contributed by atoms with van der Waals surface area (Å²) in [6, 6.07) is 10.1. The van der Waals surface area contributed by atoms with Crippen molar-refractivity contribution in [3.63, 3.8) is 0 Å². The van der Waals surface area contributed by atoms with E-state index in [-0.39, 0.29) is 16.9 Å². The van der Waals surface area contributed by atoms with Gasteiger partial charge in [0.25, 0.3) is 0 Å². The topological polar surface area (TPSA) is 29.5 Å². The molecule has 19 heavy (non-hydrogen) atoms. The van der Waals surface area contributed by atoms with E-state index < -0.39 is 11.1 Å². The van der Waals surface area contributed by atoms with E-state index in [1.54, 1.807) is 0 Å². The lowest BCUT2D eigenvalue weighted by Gasteiger charge is -2.31. The van der Waals surface area contributed by atoms with Crippen LogP contribution in [0.5, 0.6) is 0 Å². The zero-order chi connectivity index (χ0) is 14.6. The number of likely N-dealkylation sites (N-methyl/N-ethyl adjacent to an activating group) is 1. The first-order valence-electron chi connectivity index (χ1n) is 6.54. The highest BCUT2D eigenvalue weighted by Crippen LogP contribution is 2.28. The van der Waals surface area contributed by atoms with E-state index in [9.17, 15) is 4.21 Å². The molecule has 0 N–H and O–H groups in total. The smallest absolute Gasteiger partial charge is 0.161 e. The molecule has 0 amide bonds. The van der Waals surface area contributed by atoms with Crippen LogP contribution in [0.25, 0.3) is 0 Å². The Bertz CT molecular complexity index is 412. The van der Waals surface area contributed by atoms with Crippen LogP contribution >= 0.6 is 0 Å². The van der Waals surface area contributed by atoms with Crippen molar-refractivity contribution in [1.29, 1.82) is 0 Å². The number of hydrogen-bond donors (Lipinski definition) is 0. The Kier molecular flexibility index (Phi) is 5.71. The van der Waals surface area contributed by atoms with Gasteiger partial charge in [0.2, 0.25) is 0 Å². The van der Waals surface area contributed by atoms with Gasteiger partial charge in [0.05, 0.1) is 4.75 Å². The van der Waals surface area contributed by atoms with E-state index in [0.717, 1.165) is 5.56 Å². The average molecular weight is 283 g/mol. The predicted molar refractivity (Wildman–Crippen MR) is 81.3 cm³/mol. The fourth-order valence-electron chi connectivity index (χ4n) is 1.57. The van der Waals surface area contributed by atoms with E-state index in [2.05, 4.69) is 11.8 Å². The highest BCUT2D eigenvalue weighted by Gasteiger charge is 2.29. The number of rotatable bonds is 5. The molecule has 3 atom stereocenters. The summed E-state index contributed by atoms with van der Waals surface area (Å²) < 4.78 is 17.7. The highest BCUT2D eigenvalue weighted by molar-refractivity contribution is 7.81. The van der Waals surface area contributed by atoms with E-state index in [4.69, 9.17) is 4.18 Å². The first-order valence-corrected chi connectivity index (χ1v) is 7.61. The predicted octanol–water partition coefficient (Wildman–Crippen LogP) is 3.16. The SMILES string of the molecule is C[C@@H]([C@H](O[S@@](=O)C(C)(C)C)c1ccccc1)N(C)C. The van der Waals surface area contributed by atoms with Crippen LogP contribution in [0, 0.1) is 0 Å². The van der Waals surface area contributed by atoms with Crippen LogP contribution in [0.3, 0.4) is 0 Å². The molecule has 0 aliphatic rings. The number of hydrogen-bond acceptors (Lipinski definition) is 3. The van der Waals surface area contributed by atoms with E-state index in [0.29, 0.717) is 0 Å². The number of benzene rings is 1. The van der Waals surface area contributed by atoms with Crippen LogP contribution in [0.4, 0.5) is 0 Å². The third-order valence-corrected chi connectivity index (χ3v) is 4.45. The van der Waals surface area contributed by atoms with Gasteiger partial charge in [-0.25, -0.2) is 4.21 Å². The fraction of sp³-hybridized carbons (Fsp3) is 0.600. The second-order valence-electron chi connectivity index (χ2n) is 5.98. The van der Waals surface area contributed by atoms with E-state index >= 15 is 0 Å². The highest BCUT2D eigenvalue weighted by atomic mass is 32.2. The zero-order valence-electron chi connectivity index (χ0n) is 12.7. The molecule has 0 aliphatic carbocycles. The molecule has 1 rings (SSSR count). The Morgan fingerprint density at radius 3 is 2.11 bits per heavy atom. The summed E-state index contributed by atoms with van der Waals surface area (Å²) in [6.07, 6.45) is -0.198. The quantitative estimate of drug-likeness (QED) is 0.831. The zero-order valence-corrected chi connectivity index (χ0v) is 13.5. The Morgan fingerprint density at radius 1 is 1.16 bits per heavy atom. The maximum atomic E-state index is 12.2. The molecular weight excluding hydrogens is 258 g/mol. The fourth-order valence-corrected chi connectivity index (χ4v) is 2.32. The molecular formula is C15H25NO2S. The minimum Gasteiger partial charge on any atom is -0.304 e. The van der Waals surface area contributed by atoms with Crippen molar-refractivity contribution in [2.45, 2.75) is 44.6 Å². The maximum absolute atomic E-state index is 12.2. The molecule has 0 saturated heterocycles. The molecule has 0 fully saturated rings. The van der Waals surface area contributed by atoms with Crippen LogP contribution in [0.2, 0.25) is 0 Å². The van der Waals surface area contributed by atoms with Crippen molar-refractivity contribution in [3.8, 4) is 0 Å². The van der Waals surface area contributed by atoms with Crippen molar-refractivity contribution in [1.82, 2.24) is 4.90 Å². The summed E-state index contributed by atoms with van der Waals surface area (Å²) in [5.41, 5.74) is 1.06. The molecule has 0 heterocycles. The second kappa shape index (κ2) is 6.64. The molecule has 3 nitrogen and oxygen atoms in total. The largest absolute Gasteiger partial charge is 0.304 e. The van der Waals surface area contributed by atoms with Crippen molar-refractivity contribution < 1.29 is 8.39 Å². The van der Waals surface area contributed by atoms with Crippen LogP contribution < -0.4 is 0 Å².